The van der Waals surface area contributed by atoms with Crippen LogP contribution in [0.3, 0.4) is 0 Å². The molecule has 3 nitrogen and oxygen atoms in total. The van der Waals surface area contributed by atoms with Crippen molar-refractivity contribution >= 4 is 17.3 Å². The van der Waals surface area contributed by atoms with Gasteiger partial charge in [0.05, 0.1) is 6.54 Å². The van der Waals surface area contributed by atoms with Gasteiger partial charge in [-0.05, 0) is 43.2 Å². The number of aryl methyl sites for hydroxylation is 2. The van der Waals surface area contributed by atoms with E-state index in [1.54, 1.807) is 0 Å². The van der Waals surface area contributed by atoms with E-state index in [4.69, 9.17) is 0 Å². The number of hydrogen-bond acceptors (Lipinski definition) is 2. The highest BCUT2D eigenvalue weighted by Crippen LogP contribution is 2.11. The predicted molar refractivity (Wildman–Crippen MR) is 88.7 cm³/mol. The number of amides is 1. The molecule has 110 valence electrons. The lowest BCUT2D eigenvalue weighted by molar-refractivity contribution is -0.114. The van der Waals surface area contributed by atoms with E-state index in [1.807, 2.05) is 43.3 Å². The number of carbonyl (C=O) groups excluding carboxylic acids is 1. The predicted octanol–water partition coefficient (Wildman–Crippen LogP) is 4.00. The zero-order valence-corrected chi connectivity index (χ0v) is 12.6. The van der Waals surface area contributed by atoms with E-state index in [9.17, 15) is 4.79 Å². The number of rotatable bonds is 6. The average molecular weight is 282 g/mol. The third kappa shape index (κ3) is 4.95. The summed E-state index contributed by atoms with van der Waals surface area (Å²) in [7, 11) is 0. The molecular weight excluding hydrogens is 260 g/mol. The van der Waals surface area contributed by atoms with E-state index in [0.717, 1.165) is 24.2 Å². The maximum absolute atomic E-state index is 11.9. The smallest absolute Gasteiger partial charge is 0.243 e. The Labute approximate surface area is 126 Å². The van der Waals surface area contributed by atoms with Gasteiger partial charge in [-0.1, -0.05) is 43.2 Å². The second kappa shape index (κ2) is 7.48. The van der Waals surface area contributed by atoms with Crippen molar-refractivity contribution in [2.24, 2.45) is 0 Å². The number of benzene rings is 2. The molecule has 0 aliphatic rings. The van der Waals surface area contributed by atoms with Crippen molar-refractivity contribution in [2.45, 2.75) is 26.7 Å². The van der Waals surface area contributed by atoms with Gasteiger partial charge in [-0.3, -0.25) is 4.79 Å². The van der Waals surface area contributed by atoms with Crippen molar-refractivity contribution in [2.75, 3.05) is 17.2 Å². The quantitative estimate of drug-likeness (QED) is 0.841. The van der Waals surface area contributed by atoms with Crippen molar-refractivity contribution in [3.63, 3.8) is 0 Å². The number of nitrogens with one attached hydrogen (secondary N) is 2. The Kier molecular flexibility index (Phi) is 5.38. The summed E-state index contributed by atoms with van der Waals surface area (Å²) in [4.78, 5) is 11.9. The fourth-order valence-electron chi connectivity index (χ4n) is 2.10. The summed E-state index contributed by atoms with van der Waals surface area (Å²) in [6.45, 7) is 4.46. The van der Waals surface area contributed by atoms with Gasteiger partial charge in [0.25, 0.3) is 0 Å². The van der Waals surface area contributed by atoms with Gasteiger partial charge in [-0.15, -0.1) is 0 Å². The Morgan fingerprint density at radius 2 is 1.57 bits per heavy atom. The fraction of sp³-hybridized carbons (Fsp3) is 0.278. The van der Waals surface area contributed by atoms with Crippen LogP contribution in [-0.4, -0.2) is 12.5 Å². The monoisotopic (exact) mass is 282 g/mol. The lowest BCUT2D eigenvalue weighted by Gasteiger charge is -2.08. The van der Waals surface area contributed by atoms with E-state index in [0.29, 0.717) is 0 Å². The molecule has 1 amide bonds. The summed E-state index contributed by atoms with van der Waals surface area (Å²) in [5.74, 6) is -0.0449. The molecule has 21 heavy (non-hydrogen) atoms. The molecule has 0 saturated heterocycles. The van der Waals surface area contributed by atoms with E-state index < -0.39 is 0 Å². The molecule has 2 rings (SSSR count). The Balaban J connectivity index is 1.81. The summed E-state index contributed by atoms with van der Waals surface area (Å²) >= 11 is 0. The first-order valence-corrected chi connectivity index (χ1v) is 7.36. The molecule has 0 saturated carbocycles. The molecule has 0 aliphatic carbocycles. The van der Waals surface area contributed by atoms with Crippen LogP contribution in [0.2, 0.25) is 0 Å². The molecule has 3 heteroatoms. The van der Waals surface area contributed by atoms with Gasteiger partial charge in [-0.2, -0.15) is 0 Å². The Morgan fingerprint density at radius 3 is 2.19 bits per heavy atom. The lowest BCUT2D eigenvalue weighted by atomic mass is 10.1. The van der Waals surface area contributed by atoms with E-state index >= 15 is 0 Å². The molecule has 0 atom stereocenters. The summed E-state index contributed by atoms with van der Waals surface area (Å²) < 4.78 is 0. The zero-order valence-electron chi connectivity index (χ0n) is 12.6. The van der Waals surface area contributed by atoms with Crippen LogP contribution in [0.25, 0.3) is 0 Å². The molecule has 0 radical (unpaired) electrons. The van der Waals surface area contributed by atoms with Crippen molar-refractivity contribution in [1.82, 2.24) is 0 Å². The summed E-state index contributed by atoms with van der Waals surface area (Å²) in [5, 5.41) is 6.00. The van der Waals surface area contributed by atoms with Gasteiger partial charge in [-0.25, -0.2) is 0 Å². The molecule has 0 heterocycles. The van der Waals surface area contributed by atoms with Crippen molar-refractivity contribution in [1.29, 1.82) is 0 Å². The van der Waals surface area contributed by atoms with Crippen LogP contribution in [-0.2, 0) is 11.2 Å². The molecule has 0 spiro atoms. The Morgan fingerprint density at radius 1 is 0.952 bits per heavy atom. The fourth-order valence-corrected chi connectivity index (χ4v) is 2.10. The van der Waals surface area contributed by atoms with Gasteiger partial charge < -0.3 is 10.6 Å². The van der Waals surface area contributed by atoms with Crippen molar-refractivity contribution < 1.29 is 4.79 Å². The zero-order chi connectivity index (χ0) is 15.1. The molecule has 2 aromatic carbocycles. The standard InChI is InChI=1S/C18H22N2O/c1-3-4-15-7-11-16(12-8-15)19-13-18(21)20-17-9-5-14(2)6-10-17/h5-12,19H,3-4,13H2,1-2H3,(H,20,21). The molecular formula is C18H22N2O. The molecule has 0 unspecified atom stereocenters. The average Bonchev–Trinajstić information content (AvgIpc) is 2.49. The number of carbonyl (C=O) groups is 1. The molecule has 0 aromatic heterocycles. The van der Waals surface area contributed by atoms with Gasteiger partial charge >= 0.3 is 0 Å². The Hall–Kier alpha value is -2.29. The normalized spacial score (nSPS) is 10.2. The second-order valence-corrected chi connectivity index (χ2v) is 5.21. The number of hydrogen-bond donors (Lipinski definition) is 2. The van der Waals surface area contributed by atoms with Crippen molar-refractivity contribution in [3.05, 3.63) is 59.7 Å². The van der Waals surface area contributed by atoms with Crippen LogP contribution in [0.4, 0.5) is 11.4 Å². The first-order valence-electron chi connectivity index (χ1n) is 7.36. The van der Waals surface area contributed by atoms with Crippen LogP contribution in [0, 0.1) is 6.92 Å². The van der Waals surface area contributed by atoms with Crippen LogP contribution in [0.5, 0.6) is 0 Å². The minimum Gasteiger partial charge on any atom is -0.376 e. The van der Waals surface area contributed by atoms with Crippen LogP contribution >= 0.6 is 0 Å². The molecule has 2 aromatic rings. The largest absolute Gasteiger partial charge is 0.376 e. The molecule has 0 bridgehead atoms. The summed E-state index contributed by atoms with van der Waals surface area (Å²) in [6.07, 6.45) is 2.24. The maximum Gasteiger partial charge on any atom is 0.243 e. The minimum atomic E-state index is -0.0449. The van der Waals surface area contributed by atoms with Gasteiger partial charge in [0.1, 0.15) is 0 Å². The van der Waals surface area contributed by atoms with Crippen LogP contribution in [0.15, 0.2) is 48.5 Å². The first-order chi connectivity index (χ1) is 10.2. The second-order valence-electron chi connectivity index (χ2n) is 5.21. The van der Waals surface area contributed by atoms with Crippen LogP contribution in [0.1, 0.15) is 24.5 Å². The highest BCUT2D eigenvalue weighted by Gasteiger charge is 2.02. The van der Waals surface area contributed by atoms with E-state index in [2.05, 4.69) is 29.7 Å². The Bertz CT molecular complexity index is 573. The van der Waals surface area contributed by atoms with Gasteiger partial charge in [0.15, 0.2) is 0 Å². The molecule has 0 aliphatic heterocycles. The minimum absolute atomic E-state index is 0.0449. The highest BCUT2D eigenvalue weighted by atomic mass is 16.1. The first kappa shape index (κ1) is 15.1. The van der Waals surface area contributed by atoms with Gasteiger partial charge in [0, 0.05) is 11.4 Å². The highest BCUT2D eigenvalue weighted by molar-refractivity contribution is 5.93. The van der Waals surface area contributed by atoms with Gasteiger partial charge in [0.2, 0.25) is 5.91 Å². The molecule has 2 N–H and O–H groups in total. The van der Waals surface area contributed by atoms with Crippen LogP contribution < -0.4 is 10.6 Å². The van der Waals surface area contributed by atoms with E-state index in [-0.39, 0.29) is 12.5 Å². The van der Waals surface area contributed by atoms with Crippen molar-refractivity contribution in [3.8, 4) is 0 Å². The number of anilines is 2. The summed E-state index contributed by atoms with van der Waals surface area (Å²) in [6, 6.07) is 16.0. The topological polar surface area (TPSA) is 41.1 Å². The molecule has 0 fully saturated rings. The van der Waals surface area contributed by atoms with E-state index in [1.165, 1.54) is 11.1 Å². The lowest BCUT2D eigenvalue weighted by Crippen LogP contribution is -2.21. The maximum atomic E-state index is 11.9. The summed E-state index contributed by atoms with van der Waals surface area (Å²) in [5.41, 5.74) is 4.30. The SMILES string of the molecule is CCCc1ccc(NCC(=O)Nc2ccc(C)cc2)cc1. The third-order valence-corrected chi connectivity index (χ3v) is 3.28. The third-order valence-electron chi connectivity index (χ3n) is 3.28.